The zero-order valence-electron chi connectivity index (χ0n) is 16.5. The summed E-state index contributed by atoms with van der Waals surface area (Å²) in [5, 5.41) is 6.59. The second-order valence-corrected chi connectivity index (χ2v) is 5.66. The predicted octanol–water partition coefficient (Wildman–Crippen LogP) is 3.75. The lowest BCUT2D eigenvalue weighted by Crippen LogP contribution is -2.36. The van der Waals surface area contributed by atoms with Gasteiger partial charge in [0.05, 0.1) is 14.2 Å². The van der Waals surface area contributed by atoms with Gasteiger partial charge >= 0.3 is 0 Å². The maximum atomic E-state index is 5.69. The Morgan fingerprint density at radius 2 is 1.68 bits per heavy atom. The molecule has 0 aromatic heterocycles. The first-order valence-corrected chi connectivity index (χ1v) is 8.68. The van der Waals surface area contributed by atoms with Crippen molar-refractivity contribution < 1.29 is 14.2 Å². The lowest BCUT2D eigenvalue weighted by atomic mass is 10.2. The van der Waals surface area contributed by atoms with E-state index in [1.807, 2.05) is 42.5 Å². The van der Waals surface area contributed by atoms with Crippen LogP contribution in [0.25, 0.3) is 0 Å². The monoisotopic (exact) mass is 497 g/mol. The van der Waals surface area contributed by atoms with Gasteiger partial charge in [0.2, 0.25) is 0 Å². The molecule has 0 aliphatic heterocycles. The fraction of sp³-hybridized carbons (Fsp3) is 0.286. The summed E-state index contributed by atoms with van der Waals surface area (Å²) in [7, 11) is 5.02. The van der Waals surface area contributed by atoms with E-state index in [2.05, 4.69) is 22.2 Å². The quantitative estimate of drug-likeness (QED) is 0.239. The number of halogens is 1. The van der Waals surface area contributed by atoms with E-state index in [-0.39, 0.29) is 24.0 Å². The molecule has 6 nitrogen and oxygen atoms in total. The minimum absolute atomic E-state index is 0. The third kappa shape index (κ3) is 6.95. The molecule has 0 bridgehead atoms. The van der Waals surface area contributed by atoms with Crippen LogP contribution in [0.4, 0.5) is 0 Å². The first kappa shape index (κ1) is 23.6. The number of nitrogens with one attached hydrogen (secondary N) is 2. The molecule has 2 rings (SSSR count). The van der Waals surface area contributed by atoms with Gasteiger partial charge in [-0.2, -0.15) is 0 Å². The summed E-state index contributed by atoms with van der Waals surface area (Å²) in [6.45, 7) is 5.32. The van der Waals surface area contributed by atoms with E-state index in [1.165, 1.54) is 0 Å². The largest absolute Gasteiger partial charge is 0.497 e. The molecule has 0 radical (unpaired) electrons. The van der Waals surface area contributed by atoms with E-state index in [9.17, 15) is 0 Å². The third-order valence-corrected chi connectivity index (χ3v) is 3.94. The third-order valence-electron chi connectivity index (χ3n) is 3.94. The lowest BCUT2D eigenvalue weighted by Gasteiger charge is -2.16. The number of nitrogens with zero attached hydrogens (tertiary/aromatic N) is 1. The molecule has 0 fully saturated rings. The Kier molecular flexibility index (Phi) is 10.9. The molecule has 0 aliphatic carbocycles. The van der Waals surface area contributed by atoms with Gasteiger partial charge in [-0.25, -0.2) is 0 Å². The Morgan fingerprint density at radius 1 is 1.00 bits per heavy atom. The average molecular weight is 497 g/mol. The smallest absolute Gasteiger partial charge is 0.191 e. The number of methoxy groups -OCH3 is 2. The van der Waals surface area contributed by atoms with Crippen molar-refractivity contribution in [2.24, 2.45) is 4.99 Å². The maximum absolute atomic E-state index is 5.69. The van der Waals surface area contributed by atoms with Crippen LogP contribution in [0.3, 0.4) is 0 Å². The van der Waals surface area contributed by atoms with Crippen molar-refractivity contribution in [3.05, 3.63) is 66.2 Å². The van der Waals surface area contributed by atoms with E-state index < -0.39 is 0 Å². The van der Waals surface area contributed by atoms with E-state index in [4.69, 9.17) is 14.2 Å². The van der Waals surface area contributed by atoms with Crippen LogP contribution in [-0.4, -0.2) is 33.8 Å². The highest BCUT2D eigenvalue weighted by Gasteiger charge is 2.07. The SMILES string of the molecule is C=CCOc1ccccc1CNC(=NC)NCc1ccc(OC)cc1OC.I. The standard InChI is InChI=1S/C21H27N3O3.HI/c1-5-12-27-19-9-7-6-8-16(19)14-23-21(22-2)24-15-17-10-11-18(25-3)13-20(17)26-4;/h5-11,13H,1,12,14-15H2,2-4H3,(H2,22,23,24);1H. The first-order valence-electron chi connectivity index (χ1n) is 8.68. The molecule has 0 saturated heterocycles. The van der Waals surface area contributed by atoms with Crippen molar-refractivity contribution in [2.75, 3.05) is 27.9 Å². The van der Waals surface area contributed by atoms with Crippen LogP contribution in [0.15, 0.2) is 60.1 Å². The molecule has 0 unspecified atom stereocenters. The predicted molar refractivity (Wildman–Crippen MR) is 124 cm³/mol. The van der Waals surface area contributed by atoms with Gasteiger partial charge < -0.3 is 24.8 Å². The minimum atomic E-state index is 0. The van der Waals surface area contributed by atoms with Gasteiger partial charge in [0.15, 0.2) is 5.96 Å². The number of rotatable bonds is 9. The molecular weight excluding hydrogens is 469 g/mol. The van der Waals surface area contributed by atoms with Gasteiger partial charge in [0.25, 0.3) is 0 Å². The highest BCUT2D eigenvalue weighted by molar-refractivity contribution is 14.0. The van der Waals surface area contributed by atoms with Gasteiger partial charge in [-0.05, 0) is 18.2 Å². The van der Waals surface area contributed by atoms with Crippen LogP contribution in [0.5, 0.6) is 17.2 Å². The second-order valence-electron chi connectivity index (χ2n) is 5.66. The van der Waals surface area contributed by atoms with Crippen LogP contribution in [0.1, 0.15) is 11.1 Å². The lowest BCUT2D eigenvalue weighted by molar-refractivity contribution is 0.358. The van der Waals surface area contributed by atoms with Crippen molar-refractivity contribution in [1.82, 2.24) is 10.6 Å². The van der Waals surface area contributed by atoms with E-state index in [0.29, 0.717) is 25.7 Å². The van der Waals surface area contributed by atoms with Gasteiger partial charge in [-0.1, -0.05) is 30.9 Å². The zero-order chi connectivity index (χ0) is 19.5. The van der Waals surface area contributed by atoms with E-state index >= 15 is 0 Å². The molecule has 0 heterocycles. The molecule has 2 aromatic carbocycles. The number of para-hydroxylation sites is 1. The normalized spacial score (nSPS) is 10.5. The molecule has 2 N–H and O–H groups in total. The summed E-state index contributed by atoms with van der Waals surface area (Å²) in [5.74, 6) is 3.04. The van der Waals surface area contributed by atoms with Crippen molar-refractivity contribution in [3.8, 4) is 17.2 Å². The number of guanidine groups is 1. The van der Waals surface area contributed by atoms with E-state index in [1.54, 1.807) is 27.3 Å². The van der Waals surface area contributed by atoms with Crippen LogP contribution >= 0.6 is 24.0 Å². The van der Waals surface area contributed by atoms with Gasteiger partial charge in [-0.15, -0.1) is 24.0 Å². The molecule has 7 heteroatoms. The maximum Gasteiger partial charge on any atom is 0.191 e. The molecule has 28 heavy (non-hydrogen) atoms. The number of hydrogen-bond acceptors (Lipinski definition) is 4. The fourth-order valence-electron chi connectivity index (χ4n) is 2.52. The van der Waals surface area contributed by atoms with Crippen molar-refractivity contribution in [3.63, 3.8) is 0 Å². The Labute approximate surface area is 184 Å². The van der Waals surface area contributed by atoms with Gasteiger partial charge in [0.1, 0.15) is 23.9 Å². The summed E-state index contributed by atoms with van der Waals surface area (Å²) in [6.07, 6.45) is 1.73. The number of hydrogen-bond donors (Lipinski definition) is 2. The molecule has 0 amide bonds. The summed E-state index contributed by atoms with van der Waals surface area (Å²) in [6, 6.07) is 13.6. The molecule has 2 aromatic rings. The highest BCUT2D eigenvalue weighted by Crippen LogP contribution is 2.24. The topological polar surface area (TPSA) is 64.1 Å². The number of aliphatic imine (C=N–C) groups is 1. The number of ether oxygens (including phenoxy) is 3. The van der Waals surface area contributed by atoms with Crippen LogP contribution in [-0.2, 0) is 13.1 Å². The summed E-state index contributed by atoms with van der Waals surface area (Å²) in [4.78, 5) is 4.27. The Balaban J connectivity index is 0.00000392. The Hall–Kier alpha value is -2.42. The Bertz CT molecular complexity index is 781. The summed E-state index contributed by atoms with van der Waals surface area (Å²) >= 11 is 0. The molecule has 0 atom stereocenters. The zero-order valence-corrected chi connectivity index (χ0v) is 18.9. The first-order chi connectivity index (χ1) is 13.2. The fourth-order valence-corrected chi connectivity index (χ4v) is 2.52. The summed E-state index contributed by atoms with van der Waals surface area (Å²) in [5.41, 5.74) is 2.06. The van der Waals surface area contributed by atoms with Crippen molar-refractivity contribution in [1.29, 1.82) is 0 Å². The molecule has 0 spiro atoms. The average Bonchev–Trinajstić information content (AvgIpc) is 2.72. The highest BCUT2D eigenvalue weighted by atomic mass is 127. The summed E-state index contributed by atoms with van der Waals surface area (Å²) < 4.78 is 16.3. The van der Waals surface area contributed by atoms with Gasteiger partial charge in [-0.3, -0.25) is 4.99 Å². The molecule has 0 saturated carbocycles. The van der Waals surface area contributed by atoms with Crippen LogP contribution in [0.2, 0.25) is 0 Å². The van der Waals surface area contributed by atoms with Crippen molar-refractivity contribution in [2.45, 2.75) is 13.1 Å². The number of benzene rings is 2. The minimum Gasteiger partial charge on any atom is -0.497 e. The second kappa shape index (κ2) is 12.9. The molecule has 0 aliphatic rings. The van der Waals surface area contributed by atoms with Gasteiger partial charge in [0, 0.05) is 37.3 Å². The van der Waals surface area contributed by atoms with Crippen molar-refractivity contribution >= 4 is 29.9 Å². The molecule has 152 valence electrons. The molecular formula is C21H28IN3O3. The Morgan fingerprint density at radius 3 is 2.29 bits per heavy atom. The van der Waals surface area contributed by atoms with E-state index in [0.717, 1.165) is 28.4 Å². The van der Waals surface area contributed by atoms with Crippen LogP contribution < -0.4 is 24.8 Å². The van der Waals surface area contributed by atoms with Crippen LogP contribution in [0, 0.1) is 0 Å².